The fraction of sp³-hybridized carbons (Fsp3) is 0.500. The second-order valence-electron chi connectivity index (χ2n) is 4.20. The van der Waals surface area contributed by atoms with Crippen LogP contribution in [0, 0.1) is 10.1 Å². The summed E-state index contributed by atoms with van der Waals surface area (Å²) < 4.78 is 0. The number of pyridine rings is 1. The van der Waals surface area contributed by atoms with Gasteiger partial charge in [-0.2, -0.15) is 0 Å². The fourth-order valence-corrected chi connectivity index (χ4v) is 1.74. The van der Waals surface area contributed by atoms with Crippen molar-refractivity contribution in [2.24, 2.45) is 0 Å². The van der Waals surface area contributed by atoms with Crippen molar-refractivity contribution in [3.05, 3.63) is 28.4 Å². The van der Waals surface area contributed by atoms with Gasteiger partial charge in [-0.05, 0) is 26.2 Å². The predicted octanol–water partition coefficient (Wildman–Crippen LogP) is 2.34. The van der Waals surface area contributed by atoms with Gasteiger partial charge in [0.05, 0.1) is 11.0 Å². The Balaban J connectivity index is 2.14. The van der Waals surface area contributed by atoms with E-state index < -0.39 is 4.92 Å². The number of rotatable bonds is 3. The van der Waals surface area contributed by atoms with Gasteiger partial charge in [-0.25, -0.2) is 4.98 Å². The standard InChI is InChI=1S/C10H13N3O2/c1-10(4-2-5-10)12-9-7-8(13(14)15)3-6-11-9/h3,6-7H,2,4-5H2,1H3,(H,11,12). The van der Waals surface area contributed by atoms with Gasteiger partial charge in [0.2, 0.25) is 0 Å². The second-order valence-corrected chi connectivity index (χ2v) is 4.20. The van der Waals surface area contributed by atoms with E-state index >= 15 is 0 Å². The summed E-state index contributed by atoms with van der Waals surface area (Å²) in [6.45, 7) is 2.11. The average molecular weight is 207 g/mol. The van der Waals surface area contributed by atoms with Crippen LogP contribution in [0.4, 0.5) is 11.5 Å². The van der Waals surface area contributed by atoms with Crippen molar-refractivity contribution in [3.8, 4) is 0 Å². The molecular weight excluding hydrogens is 194 g/mol. The Kier molecular flexibility index (Phi) is 2.30. The van der Waals surface area contributed by atoms with Crippen molar-refractivity contribution in [1.29, 1.82) is 0 Å². The van der Waals surface area contributed by atoms with Gasteiger partial charge in [-0.15, -0.1) is 0 Å². The number of anilines is 1. The maximum atomic E-state index is 10.6. The van der Waals surface area contributed by atoms with E-state index in [1.807, 2.05) is 0 Å². The number of nitrogens with one attached hydrogen (secondary N) is 1. The molecule has 0 aliphatic heterocycles. The van der Waals surface area contributed by atoms with Crippen molar-refractivity contribution < 1.29 is 4.92 Å². The molecule has 15 heavy (non-hydrogen) atoms. The van der Waals surface area contributed by atoms with Gasteiger partial charge in [-0.3, -0.25) is 10.1 Å². The minimum atomic E-state index is -0.407. The number of aromatic nitrogens is 1. The van der Waals surface area contributed by atoms with Crippen LogP contribution in [0.2, 0.25) is 0 Å². The van der Waals surface area contributed by atoms with Gasteiger partial charge in [0.15, 0.2) is 0 Å². The van der Waals surface area contributed by atoms with Crippen LogP contribution in [0.25, 0.3) is 0 Å². The van der Waals surface area contributed by atoms with Crippen LogP contribution in [0.15, 0.2) is 18.3 Å². The molecule has 0 atom stereocenters. The van der Waals surface area contributed by atoms with Crippen LogP contribution in [0.5, 0.6) is 0 Å². The van der Waals surface area contributed by atoms with Crippen molar-refractivity contribution in [2.45, 2.75) is 31.7 Å². The number of hydrogen-bond donors (Lipinski definition) is 1. The van der Waals surface area contributed by atoms with Crippen LogP contribution in [0.3, 0.4) is 0 Å². The molecule has 1 aliphatic rings. The van der Waals surface area contributed by atoms with Crippen molar-refractivity contribution in [3.63, 3.8) is 0 Å². The predicted molar refractivity (Wildman–Crippen MR) is 56.8 cm³/mol. The summed E-state index contributed by atoms with van der Waals surface area (Å²) in [7, 11) is 0. The summed E-state index contributed by atoms with van der Waals surface area (Å²) in [5.41, 5.74) is 0.151. The Morgan fingerprint density at radius 2 is 2.33 bits per heavy atom. The Morgan fingerprint density at radius 1 is 1.60 bits per heavy atom. The van der Waals surface area contributed by atoms with Crippen LogP contribution < -0.4 is 5.32 Å². The summed E-state index contributed by atoms with van der Waals surface area (Å²) in [5, 5.41) is 13.8. The Hall–Kier alpha value is -1.65. The van der Waals surface area contributed by atoms with Gasteiger partial charge in [0.25, 0.3) is 5.69 Å². The lowest BCUT2D eigenvalue weighted by atomic mass is 9.78. The first-order valence-electron chi connectivity index (χ1n) is 4.98. The Bertz CT molecular complexity index is 388. The fourth-order valence-electron chi connectivity index (χ4n) is 1.74. The SMILES string of the molecule is CC1(Nc2cc([N+](=O)[O-])ccn2)CCC1. The number of nitro groups is 1. The highest BCUT2D eigenvalue weighted by Crippen LogP contribution is 2.34. The third kappa shape index (κ3) is 2.06. The molecular formula is C10H13N3O2. The van der Waals surface area contributed by atoms with E-state index in [0.29, 0.717) is 5.82 Å². The van der Waals surface area contributed by atoms with Gasteiger partial charge >= 0.3 is 0 Å². The molecule has 0 radical (unpaired) electrons. The van der Waals surface area contributed by atoms with E-state index in [-0.39, 0.29) is 11.2 Å². The molecule has 0 amide bonds. The molecule has 1 N–H and O–H groups in total. The Morgan fingerprint density at radius 3 is 2.87 bits per heavy atom. The topological polar surface area (TPSA) is 68.1 Å². The molecule has 1 heterocycles. The summed E-state index contributed by atoms with van der Waals surface area (Å²) in [4.78, 5) is 14.2. The minimum absolute atomic E-state index is 0.0716. The van der Waals surface area contributed by atoms with Gasteiger partial charge in [-0.1, -0.05) is 0 Å². The quantitative estimate of drug-likeness (QED) is 0.610. The molecule has 1 aromatic rings. The molecule has 80 valence electrons. The molecule has 0 saturated heterocycles. The molecule has 5 nitrogen and oxygen atoms in total. The van der Waals surface area contributed by atoms with E-state index in [1.165, 1.54) is 24.8 Å². The van der Waals surface area contributed by atoms with Gasteiger partial charge in [0, 0.05) is 17.8 Å². The normalized spacial score (nSPS) is 17.9. The summed E-state index contributed by atoms with van der Waals surface area (Å²) in [6, 6.07) is 2.87. The molecule has 1 fully saturated rings. The van der Waals surface area contributed by atoms with E-state index in [9.17, 15) is 10.1 Å². The molecule has 0 spiro atoms. The van der Waals surface area contributed by atoms with Crippen LogP contribution >= 0.6 is 0 Å². The molecule has 1 saturated carbocycles. The third-order valence-electron chi connectivity index (χ3n) is 2.84. The first kappa shape index (κ1) is 9.89. The van der Waals surface area contributed by atoms with Crippen LogP contribution in [-0.2, 0) is 0 Å². The van der Waals surface area contributed by atoms with E-state index in [2.05, 4.69) is 17.2 Å². The summed E-state index contributed by atoms with van der Waals surface area (Å²) in [6.07, 6.45) is 4.86. The lowest BCUT2D eigenvalue weighted by Crippen LogP contribution is -2.41. The highest BCUT2D eigenvalue weighted by Gasteiger charge is 2.31. The molecule has 2 rings (SSSR count). The largest absolute Gasteiger partial charge is 0.365 e. The molecule has 0 bridgehead atoms. The summed E-state index contributed by atoms with van der Waals surface area (Å²) >= 11 is 0. The zero-order valence-corrected chi connectivity index (χ0v) is 8.56. The molecule has 1 aromatic heterocycles. The Labute approximate surface area is 87.7 Å². The van der Waals surface area contributed by atoms with Gasteiger partial charge < -0.3 is 5.32 Å². The number of nitrogens with zero attached hydrogens (tertiary/aromatic N) is 2. The molecule has 1 aliphatic carbocycles. The number of hydrogen-bond acceptors (Lipinski definition) is 4. The third-order valence-corrected chi connectivity index (χ3v) is 2.84. The zero-order valence-electron chi connectivity index (χ0n) is 8.56. The highest BCUT2D eigenvalue weighted by atomic mass is 16.6. The monoisotopic (exact) mass is 207 g/mol. The first-order valence-corrected chi connectivity index (χ1v) is 4.98. The molecule has 0 aromatic carbocycles. The maximum Gasteiger partial charge on any atom is 0.274 e. The van der Waals surface area contributed by atoms with Gasteiger partial charge in [0.1, 0.15) is 5.82 Å². The van der Waals surface area contributed by atoms with E-state index in [0.717, 1.165) is 12.8 Å². The average Bonchev–Trinajstić information content (AvgIpc) is 2.16. The van der Waals surface area contributed by atoms with Crippen molar-refractivity contribution in [2.75, 3.05) is 5.32 Å². The first-order chi connectivity index (χ1) is 7.09. The van der Waals surface area contributed by atoms with Crippen molar-refractivity contribution >= 4 is 11.5 Å². The second kappa shape index (κ2) is 3.49. The molecule has 0 unspecified atom stereocenters. The highest BCUT2D eigenvalue weighted by molar-refractivity contribution is 5.46. The summed E-state index contributed by atoms with van der Waals surface area (Å²) in [5.74, 6) is 0.589. The minimum Gasteiger partial charge on any atom is -0.365 e. The van der Waals surface area contributed by atoms with E-state index in [1.54, 1.807) is 0 Å². The lowest BCUT2D eigenvalue weighted by Gasteiger charge is -2.39. The van der Waals surface area contributed by atoms with Crippen molar-refractivity contribution in [1.82, 2.24) is 4.98 Å². The molecule has 5 heteroatoms. The lowest BCUT2D eigenvalue weighted by molar-refractivity contribution is -0.384. The van der Waals surface area contributed by atoms with Crippen LogP contribution in [0.1, 0.15) is 26.2 Å². The van der Waals surface area contributed by atoms with Crippen LogP contribution in [-0.4, -0.2) is 15.4 Å². The van der Waals surface area contributed by atoms with E-state index in [4.69, 9.17) is 0 Å². The zero-order chi connectivity index (χ0) is 10.9. The maximum absolute atomic E-state index is 10.6. The smallest absolute Gasteiger partial charge is 0.274 e.